The first-order valence-corrected chi connectivity index (χ1v) is 8.61. The van der Waals surface area contributed by atoms with Crippen LogP contribution in [-0.4, -0.2) is 25.0 Å². The fourth-order valence-corrected chi connectivity index (χ4v) is 1.36. The summed E-state index contributed by atoms with van der Waals surface area (Å²) >= 11 is 0. The summed E-state index contributed by atoms with van der Waals surface area (Å²) < 4.78 is 0. The second-order valence-corrected chi connectivity index (χ2v) is 5.68. The van der Waals surface area contributed by atoms with Crippen LogP contribution in [0.3, 0.4) is 0 Å². The van der Waals surface area contributed by atoms with E-state index in [0.717, 1.165) is 12.0 Å². The van der Waals surface area contributed by atoms with E-state index in [1.807, 2.05) is 32.3 Å². The molecule has 0 aliphatic heterocycles. The highest BCUT2D eigenvalue weighted by molar-refractivity contribution is 5.87. The normalized spacial score (nSPS) is 13.0. The predicted molar refractivity (Wildman–Crippen MR) is 117 cm³/mol. The van der Waals surface area contributed by atoms with Gasteiger partial charge in [-0.05, 0) is 64.1 Å². The Hall–Kier alpha value is -2.39. The number of hydrogen-bond acceptors (Lipinski definition) is 3. The van der Waals surface area contributed by atoms with Gasteiger partial charge >= 0.3 is 0 Å². The molecule has 146 valence electrons. The van der Waals surface area contributed by atoms with Gasteiger partial charge in [0.2, 0.25) is 0 Å². The summed E-state index contributed by atoms with van der Waals surface area (Å²) in [4.78, 5) is 10.6. The lowest BCUT2D eigenvalue weighted by molar-refractivity contribution is -0.112. The van der Waals surface area contributed by atoms with E-state index in [0.29, 0.717) is 5.92 Å². The molecule has 0 fully saturated rings. The highest BCUT2D eigenvalue weighted by atomic mass is 16.3. The molecule has 3 nitrogen and oxygen atoms in total. The molecule has 0 spiro atoms. The Balaban J connectivity index is -0.000000349. The maximum Gasteiger partial charge on any atom is 0.152 e. The fraction of sp³-hybridized carbons (Fsp3) is 0.348. The van der Waals surface area contributed by atoms with Gasteiger partial charge in [0, 0.05) is 0 Å². The highest BCUT2D eigenvalue weighted by Gasteiger charge is 1.94. The Labute approximate surface area is 160 Å². The van der Waals surface area contributed by atoms with Gasteiger partial charge in [-0.1, -0.05) is 56.4 Å². The van der Waals surface area contributed by atoms with Crippen molar-refractivity contribution in [2.75, 3.05) is 14.1 Å². The van der Waals surface area contributed by atoms with Crippen LogP contribution in [0.15, 0.2) is 85.3 Å². The number of rotatable bonds is 4. The zero-order valence-electron chi connectivity index (χ0n) is 17.4. The maximum atomic E-state index is 10.6. The van der Waals surface area contributed by atoms with Crippen LogP contribution in [0.2, 0.25) is 0 Å². The van der Waals surface area contributed by atoms with E-state index in [2.05, 4.69) is 45.8 Å². The zero-order chi connectivity index (χ0) is 21.0. The van der Waals surface area contributed by atoms with Crippen molar-refractivity contribution in [3.05, 3.63) is 85.3 Å². The summed E-state index contributed by atoms with van der Waals surface area (Å²) in [5.74, 6) is 0.932. The minimum atomic E-state index is 0.0299. The minimum absolute atomic E-state index is 0.0299. The molecule has 0 aromatic heterocycles. The Morgan fingerprint density at radius 2 is 1.77 bits per heavy atom. The summed E-state index contributed by atoms with van der Waals surface area (Å²) in [6.07, 6.45) is 14.8. The van der Waals surface area contributed by atoms with Crippen molar-refractivity contribution in [1.82, 2.24) is 5.32 Å². The van der Waals surface area contributed by atoms with Crippen LogP contribution < -0.4 is 5.32 Å². The monoisotopic (exact) mass is 359 g/mol. The molecule has 1 rings (SSSR count). The van der Waals surface area contributed by atoms with Crippen LogP contribution >= 0.6 is 0 Å². The Morgan fingerprint density at radius 3 is 2.15 bits per heavy atom. The third-order valence-electron chi connectivity index (χ3n) is 2.93. The first-order chi connectivity index (χ1) is 12.3. The largest absolute Gasteiger partial charge is 0.508 e. The number of carbonyl (C=O) groups is 1. The van der Waals surface area contributed by atoms with Crippen LogP contribution in [-0.2, 0) is 4.79 Å². The predicted octanol–water partition coefficient (Wildman–Crippen LogP) is 5.87. The van der Waals surface area contributed by atoms with Crippen LogP contribution in [0, 0.1) is 5.92 Å². The average Bonchev–Trinajstić information content (AvgIpc) is 2.80. The molecule has 0 bridgehead atoms. The molecule has 0 saturated carbocycles. The molecule has 0 atom stereocenters. The van der Waals surface area contributed by atoms with E-state index < -0.39 is 0 Å². The van der Waals surface area contributed by atoms with Gasteiger partial charge < -0.3 is 10.4 Å². The fourth-order valence-electron chi connectivity index (χ4n) is 1.36. The molecular weight excluding hydrogens is 322 g/mol. The van der Waals surface area contributed by atoms with Crippen LogP contribution in [0.4, 0.5) is 0 Å². The summed E-state index contributed by atoms with van der Waals surface area (Å²) in [5, 5.41) is 11.9. The number of carbonyl (C=O) groups excluding carboxylic acids is 1. The van der Waals surface area contributed by atoms with E-state index in [-0.39, 0.29) is 11.5 Å². The van der Waals surface area contributed by atoms with Crippen LogP contribution in [0.1, 0.15) is 34.1 Å². The van der Waals surface area contributed by atoms with Gasteiger partial charge in [-0.3, -0.25) is 4.79 Å². The zero-order valence-corrected chi connectivity index (χ0v) is 17.4. The maximum absolute atomic E-state index is 10.6. The molecule has 2 N–H and O–H groups in total. The van der Waals surface area contributed by atoms with E-state index in [9.17, 15) is 4.79 Å². The third-order valence-corrected chi connectivity index (χ3v) is 2.93. The highest BCUT2D eigenvalue weighted by Crippen LogP contribution is 2.10. The average molecular weight is 360 g/mol. The molecule has 0 aromatic carbocycles. The standard InChI is InChI=1S/C11H12O2.C8H14.C2H7N.C2H4/c1-9(12)5-6-10-3-2-4-11(13)8-7-10;1-5-6-8(4)7(2)3;1-3-2;1-2/h2,4-8,13H,3H2,1H3;5-7H,1H2,2-4H3;3H,1-2H3;1-2H2/b6-5+;;;. The number of allylic oxidation sites excluding steroid dienone is 10. The molecule has 0 aromatic rings. The van der Waals surface area contributed by atoms with Gasteiger partial charge in [0.15, 0.2) is 5.78 Å². The second kappa shape index (κ2) is 20.7. The molecule has 0 unspecified atom stereocenters. The van der Waals surface area contributed by atoms with Gasteiger partial charge in [-0.15, -0.1) is 13.2 Å². The summed E-state index contributed by atoms with van der Waals surface area (Å²) in [7, 11) is 3.75. The van der Waals surface area contributed by atoms with Crippen molar-refractivity contribution in [2.45, 2.75) is 34.1 Å². The summed E-state index contributed by atoms with van der Waals surface area (Å²) in [6, 6.07) is 0. The van der Waals surface area contributed by atoms with Crippen molar-refractivity contribution in [3.63, 3.8) is 0 Å². The third kappa shape index (κ3) is 21.6. The first kappa shape index (κ1) is 28.4. The van der Waals surface area contributed by atoms with Crippen molar-refractivity contribution in [2.24, 2.45) is 5.92 Å². The smallest absolute Gasteiger partial charge is 0.152 e. The van der Waals surface area contributed by atoms with Gasteiger partial charge in [-0.25, -0.2) is 0 Å². The number of nitrogens with one attached hydrogen (secondary N) is 1. The van der Waals surface area contributed by atoms with Crippen molar-refractivity contribution < 1.29 is 9.90 Å². The van der Waals surface area contributed by atoms with Gasteiger partial charge in [-0.2, -0.15) is 0 Å². The summed E-state index contributed by atoms with van der Waals surface area (Å²) in [6.45, 7) is 17.6. The number of ketones is 1. The van der Waals surface area contributed by atoms with E-state index in [4.69, 9.17) is 5.11 Å². The molecule has 26 heavy (non-hydrogen) atoms. The second-order valence-electron chi connectivity index (χ2n) is 5.68. The number of aliphatic hydroxyl groups is 1. The van der Waals surface area contributed by atoms with Crippen molar-refractivity contribution in [3.8, 4) is 0 Å². The SMILES string of the molecule is C=C.C=CC=C(C)C(C)C.CC(=O)/C=C/C1=CC=C(O)C=CC1.CNC. The lowest BCUT2D eigenvalue weighted by atomic mass is 10.1. The summed E-state index contributed by atoms with van der Waals surface area (Å²) in [5.41, 5.74) is 2.40. The Morgan fingerprint density at radius 1 is 1.23 bits per heavy atom. The Bertz CT molecular complexity index is 532. The lowest BCUT2D eigenvalue weighted by Crippen LogP contribution is -1.89. The molecular formula is C23H37NO2. The number of hydrogen-bond donors (Lipinski definition) is 2. The van der Waals surface area contributed by atoms with Crippen LogP contribution in [0.5, 0.6) is 0 Å². The quantitative estimate of drug-likeness (QED) is 0.375. The molecule has 1 aliphatic carbocycles. The minimum Gasteiger partial charge on any atom is -0.508 e. The molecule has 0 amide bonds. The molecule has 0 saturated heterocycles. The van der Waals surface area contributed by atoms with E-state index in [1.165, 1.54) is 18.6 Å². The van der Waals surface area contributed by atoms with Gasteiger partial charge in [0.25, 0.3) is 0 Å². The lowest BCUT2D eigenvalue weighted by Gasteiger charge is -2.00. The Kier molecular flexibility index (Phi) is 22.6. The molecule has 0 radical (unpaired) electrons. The molecule has 1 aliphatic rings. The van der Waals surface area contributed by atoms with Crippen LogP contribution in [0.25, 0.3) is 0 Å². The van der Waals surface area contributed by atoms with E-state index >= 15 is 0 Å². The van der Waals surface area contributed by atoms with Crippen molar-refractivity contribution in [1.29, 1.82) is 0 Å². The molecule has 3 heteroatoms. The molecule has 0 heterocycles. The van der Waals surface area contributed by atoms with E-state index in [1.54, 1.807) is 24.3 Å². The van der Waals surface area contributed by atoms with Gasteiger partial charge in [0.1, 0.15) is 5.76 Å². The number of aliphatic hydroxyl groups excluding tert-OH is 1. The first-order valence-electron chi connectivity index (χ1n) is 8.61. The van der Waals surface area contributed by atoms with Crippen molar-refractivity contribution >= 4 is 5.78 Å². The van der Waals surface area contributed by atoms with Gasteiger partial charge in [0.05, 0.1) is 0 Å². The topological polar surface area (TPSA) is 49.3 Å².